The molecular weight excluding hydrogens is 402 g/mol. The normalized spacial score (nSPS) is 15.9. The zero-order chi connectivity index (χ0) is 17.1. The average molecular weight is 421 g/mol. The monoisotopic (exact) mass is 420 g/mol. The molecule has 1 saturated heterocycles. The van der Waals surface area contributed by atoms with Crippen LogP contribution in [-0.2, 0) is 22.4 Å². The number of thiazole rings is 1. The van der Waals surface area contributed by atoms with E-state index in [1.54, 1.807) is 17.0 Å². The molecule has 1 aromatic carbocycles. The maximum Gasteiger partial charge on any atom is 0.308 e. The van der Waals surface area contributed by atoms with Crippen molar-refractivity contribution in [3.8, 4) is 0 Å². The Balaban J connectivity index is 0.00000169. The van der Waals surface area contributed by atoms with Crippen LogP contribution in [0.5, 0.6) is 0 Å². The van der Waals surface area contributed by atoms with E-state index in [0.717, 1.165) is 10.6 Å². The second-order valence-corrected chi connectivity index (χ2v) is 6.82. The molecule has 26 heavy (non-hydrogen) atoms. The first kappa shape index (κ1) is 22.3. The van der Waals surface area contributed by atoms with E-state index in [1.165, 1.54) is 23.5 Å². The van der Waals surface area contributed by atoms with Crippen molar-refractivity contribution < 1.29 is 19.1 Å². The average Bonchev–Trinajstić information content (AvgIpc) is 3.19. The Hall–Kier alpha value is -1.70. The second kappa shape index (κ2) is 9.85. The van der Waals surface area contributed by atoms with Crippen LogP contribution in [0.1, 0.15) is 22.7 Å². The van der Waals surface area contributed by atoms with Crippen molar-refractivity contribution in [1.82, 2.24) is 9.88 Å². The first-order chi connectivity index (χ1) is 11.5. The molecule has 3 rings (SSSR count). The zero-order valence-corrected chi connectivity index (χ0v) is 16.2. The van der Waals surface area contributed by atoms with Crippen LogP contribution >= 0.6 is 36.2 Å². The number of carbonyl (C=O) groups is 2. The lowest BCUT2D eigenvalue weighted by Crippen LogP contribution is -2.31. The molecule has 2 aromatic rings. The van der Waals surface area contributed by atoms with E-state index >= 15 is 0 Å². The molecule has 0 bridgehead atoms. The van der Waals surface area contributed by atoms with E-state index in [0.29, 0.717) is 25.1 Å². The van der Waals surface area contributed by atoms with Crippen LogP contribution in [0.25, 0.3) is 0 Å². The first-order valence-electron chi connectivity index (χ1n) is 7.69. The highest BCUT2D eigenvalue weighted by molar-refractivity contribution is 7.09. The predicted molar refractivity (Wildman–Crippen MR) is 102 cm³/mol. The van der Waals surface area contributed by atoms with Crippen LogP contribution in [-0.4, -0.2) is 40.0 Å². The van der Waals surface area contributed by atoms with Crippen molar-refractivity contribution in [2.24, 2.45) is 5.92 Å². The van der Waals surface area contributed by atoms with Gasteiger partial charge in [-0.1, -0.05) is 12.1 Å². The molecule has 1 aliphatic heterocycles. The van der Waals surface area contributed by atoms with Gasteiger partial charge in [0.05, 0.1) is 23.0 Å². The summed E-state index contributed by atoms with van der Waals surface area (Å²) in [6, 6.07) is 6.27. The number of benzene rings is 1. The van der Waals surface area contributed by atoms with Gasteiger partial charge in [0.25, 0.3) is 0 Å². The van der Waals surface area contributed by atoms with Gasteiger partial charge in [-0.15, -0.1) is 36.2 Å². The molecule has 1 amide bonds. The fourth-order valence-corrected chi connectivity index (χ4v) is 3.57. The summed E-state index contributed by atoms with van der Waals surface area (Å²) in [6.45, 7) is 0.767. The molecule has 1 atom stereocenters. The van der Waals surface area contributed by atoms with Crippen molar-refractivity contribution in [2.45, 2.75) is 19.3 Å². The van der Waals surface area contributed by atoms with Crippen molar-refractivity contribution in [3.63, 3.8) is 0 Å². The summed E-state index contributed by atoms with van der Waals surface area (Å²) in [7, 11) is 0. The third-order valence-electron chi connectivity index (χ3n) is 4.09. The van der Waals surface area contributed by atoms with E-state index in [-0.39, 0.29) is 49.5 Å². The minimum atomic E-state index is -0.847. The molecule has 1 unspecified atom stereocenters. The van der Waals surface area contributed by atoms with Gasteiger partial charge in [0.2, 0.25) is 5.91 Å². The fraction of sp³-hybridized carbons (Fsp3) is 0.353. The SMILES string of the molecule is Cl.Cl.O=C(O)C1CCN(C(=O)Cc2csc(Cc3ccc(F)cc3)n2)C1. The first-order valence-corrected chi connectivity index (χ1v) is 8.57. The molecule has 1 fully saturated rings. The van der Waals surface area contributed by atoms with Gasteiger partial charge in [-0.3, -0.25) is 9.59 Å². The molecule has 0 radical (unpaired) electrons. The van der Waals surface area contributed by atoms with Crippen LogP contribution in [0, 0.1) is 11.7 Å². The van der Waals surface area contributed by atoms with Crippen LogP contribution in [0.4, 0.5) is 4.39 Å². The van der Waals surface area contributed by atoms with Gasteiger partial charge in [0, 0.05) is 24.9 Å². The number of aliphatic carboxylic acids is 1. The van der Waals surface area contributed by atoms with Crippen molar-refractivity contribution in [2.75, 3.05) is 13.1 Å². The van der Waals surface area contributed by atoms with Gasteiger partial charge < -0.3 is 10.0 Å². The molecule has 0 saturated carbocycles. The molecular formula is C17H19Cl2FN2O3S. The molecule has 1 N–H and O–H groups in total. The number of halogens is 3. The Kier molecular flexibility index (Phi) is 8.46. The summed E-state index contributed by atoms with van der Waals surface area (Å²) < 4.78 is 12.9. The van der Waals surface area contributed by atoms with E-state index in [2.05, 4.69) is 4.98 Å². The number of hydrogen-bond donors (Lipinski definition) is 1. The smallest absolute Gasteiger partial charge is 0.308 e. The number of amides is 1. The van der Waals surface area contributed by atoms with Crippen molar-refractivity contribution in [3.05, 3.63) is 51.7 Å². The highest BCUT2D eigenvalue weighted by Gasteiger charge is 2.30. The number of carboxylic acid groups (broad SMARTS) is 1. The fourth-order valence-electron chi connectivity index (χ4n) is 2.74. The third kappa shape index (κ3) is 5.65. The Morgan fingerprint density at radius 3 is 2.58 bits per heavy atom. The van der Waals surface area contributed by atoms with Gasteiger partial charge in [-0.2, -0.15) is 0 Å². The van der Waals surface area contributed by atoms with Gasteiger partial charge in [0.15, 0.2) is 0 Å². The Morgan fingerprint density at radius 2 is 1.96 bits per heavy atom. The molecule has 142 valence electrons. The summed E-state index contributed by atoms with van der Waals surface area (Å²) in [5.41, 5.74) is 1.66. The molecule has 5 nitrogen and oxygen atoms in total. The van der Waals surface area contributed by atoms with E-state index in [1.807, 2.05) is 5.38 Å². The second-order valence-electron chi connectivity index (χ2n) is 5.88. The number of carbonyl (C=O) groups excluding carboxylic acids is 1. The lowest BCUT2D eigenvalue weighted by Gasteiger charge is -2.14. The number of likely N-dealkylation sites (tertiary alicyclic amines) is 1. The summed E-state index contributed by atoms with van der Waals surface area (Å²) in [5.74, 6) is -1.66. The summed E-state index contributed by atoms with van der Waals surface area (Å²) in [4.78, 5) is 29.2. The number of nitrogens with zero attached hydrogens (tertiary/aromatic N) is 2. The van der Waals surface area contributed by atoms with E-state index in [4.69, 9.17) is 5.11 Å². The van der Waals surface area contributed by atoms with Crippen LogP contribution in [0.2, 0.25) is 0 Å². The minimum absolute atomic E-state index is 0. The summed E-state index contributed by atoms with van der Waals surface area (Å²) >= 11 is 1.47. The van der Waals surface area contributed by atoms with Crippen molar-refractivity contribution in [1.29, 1.82) is 0 Å². The van der Waals surface area contributed by atoms with Crippen LogP contribution < -0.4 is 0 Å². The quantitative estimate of drug-likeness (QED) is 0.805. The third-order valence-corrected chi connectivity index (χ3v) is 4.99. The van der Waals surface area contributed by atoms with Crippen LogP contribution in [0.15, 0.2) is 29.6 Å². The van der Waals surface area contributed by atoms with Gasteiger partial charge >= 0.3 is 5.97 Å². The lowest BCUT2D eigenvalue weighted by molar-refractivity contribution is -0.141. The Morgan fingerprint density at radius 1 is 1.27 bits per heavy atom. The van der Waals surface area contributed by atoms with Crippen LogP contribution in [0.3, 0.4) is 0 Å². The minimum Gasteiger partial charge on any atom is -0.481 e. The predicted octanol–water partition coefficient (Wildman–Crippen LogP) is 3.19. The molecule has 1 aliphatic rings. The molecule has 1 aromatic heterocycles. The highest BCUT2D eigenvalue weighted by Crippen LogP contribution is 2.19. The standard InChI is InChI=1S/C17H17FN2O3S.2ClH/c18-13-3-1-11(2-4-13)7-15-19-14(10-24-15)8-16(21)20-6-5-12(9-20)17(22)23;;/h1-4,10,12H,5-9H2,(H,22,23);2*1H. The Labute approximate surface area is 167 Å². The number of carboxylic acids is 1. The van der Waals surface area contributed by atoms with Gasteiger partial charge in [-0.05, 0) is 24.1 Å². The highest BCUT2D eigenvalue weighted by atomic mass is 35.5. The maximum atomic E-state index is 12.9. The number of rotatable bonds is 5. The number of hydrogen-bond acceptors (Lipinski definition) is 4. The van der Waals surface area contributed by atoms with E-state index in [9.17, 15) is 14.0 Å². The molecule has 0 spiro atoms. The zero-order valence-electron chi connectivity index (χ0n) is 13.8. The molecule has 9 heteroatoms. The van der Waals surface area contributed by atoms with Crippen molar-refractivity contribution >= 4 is 48.0 Å². The number of aromatic nitrogens is 1. The Bertz CT molecular complexity index is 755. The van der Waals surface area contributed by atoms with E-state index < -0.39 is 11.9 Å². The molecule has 2 heterocycles. The lowest BCUT2D eigenvalue weighted by atomic mass is 10.1. The maximum absolute atomic E-state index is 12.9. The summed E-state index contributed by atoms with van der Waals surface area (Å²) in [6.07, 6.45) is 1.30. The van der Waals surface area contributed by atoms with Gasteiger partial charge in [0.1, 0.15) is 5.82 Å². The van der Waals surface area contributed by atoms with Gasteiger partial charge in [-0.25, -0.2) is 9.37 Å². The topological polar surface area (TPSA) is 70.5 Å². The molecule has 0 aliphatic carbocycles. The largest absolute Gasteiger partial charge is 0.481 e. The summed E-state index contributed by atoms with van der Waals surface area (Å²) in [5, 5.41) is 11.7.